The van der Waals surface area contributed by atoms with E-state index in [1.807, 2.05) is 74.5 Å². The third-order valence-electron chi connectivity index (χ3n) is 7.31. The zero-order valence-corrected chi connectivity index (χ0v) is 25.8. The number of unbranched alkanes of at least 4 members (excludes halogenated alkanes) is 1. The number of anilines is 1. The molecule has 0 aromatic heterocycles. The molecule has 9 heteroatoms. The second-order valence-corrected chi connectivity index (χ2v) is 12.5. The number of hydrogen-bond donors (Lipinski definition) is 1. The molecule has 0 aliphatic carbocycles. The van der Waals surface area contributed by atoms with Gasteiger partial charge in [-0.05, 0) is 48.7 Å². The van der Waals surface area contributed by atoms with Crippen LogP contribution in [0.2, 0.25) is 0 Å². The number of halogens is 1. The van der Waals surface area contributed by atoms with Crippen molar-refractivity contribution in [3.63, 3.8) is 0 Å². The van der Waals surface area contributed by atoms with Crippen LogP contribution >= 0.6 is 0 Å². The van der Waals surface area contributed by atoms with Gasteiger partial charge in [-0.15, -0.1) is 0 Å². The molecule has 0 heterocycles. The molecule has 0 aliphatic heterocycles. The van der Waals surface area contributed by atoms with Crippen LogP contribution in [0.4, 0.5) is 10.1 Å². The van der Waals surface area contributed by atoms with Crippen LogP contribution < -0.4 is 9.62 Å². The molecular weight excluding hydrogens is 577 g/mol. The number of hydrogen-bond acceptors (Lipinski definition) is 4. The minimum atomic E-state index is -4.37. The number of nitrogens with zero attached hydrogens (tertiary/aromatic N) is 2. The third kappa shape index (κ3) is 8.32. The standard InChI is InChI=1S/C35H38FN3O4S/c1-3-4-23-37-35(41)33(24-28-13-7-5-8-14-28)38(25-29-15-9-6-10-16-29)34(40)26-39(32-18-12-11-17-31(32)36)44(42,43)30-21-19-27(2)20-22-30/h5-22,33H,3-4,23-26H2,1-2H3,(H,37,41)/t33-/m1/s1. The monoisotopic (exact) mass is 615 g/mol. The zero-order valence-electron chi connectivity index (χ0n) is 25.0. The fraction of sp³-hybridized carbons (Fsp3) is 0.257. The van der Waals surface area contributed by atoms with Gasteiger partial charge in [-0.3, -0.25) is 13.9 Å². The van der Waals surface area contributed by atoms with Crippen LogP contribution in [0, 0.1) is 12.7 Å². The van der Waals surface area contributed by atoms with Gasteiger partial charge in [-0.25, -0.2) is 12.8 Å². The average molecular weight is 616 g/mol. The Morgan fingerprint density at radius 3 is 2.02 bits per heavy atom. The molecule has 4 aromatic rings. The van der Waals surface area contributed by atoms with Crippen LogP contribution in [0.3, 0.4) is 0 Å². The molecule has 4 aromatic carbocycles. The number of nitrogens with one attached hydrogen (secondary N) is 1. The van der Waals surface area contributed by atoms with Crippen LogP contribution in [0.15, 0.2) is 114 Å². The van der Waals surface area contributed by atoms with Crippen LogP contribution in [0.25, 0.3) is 0 Å². The van der Waals surface area contributed by atoms with Crippen LogP contribution in [0.1, 0.15) is 36.5 Å². The minimum absolute atomic E-state index is 0.0497. The molecular formula is C35H38FN3O4S. The minimum Gasteiger partial charge on any atom is -0.354 e. The third-order valence-corrected chi connectivity index (χ3v) is 9.08. The molecule has 44 heavy (non-hydrogen) atoms. The predicted octanol–water partition coefficient (Wildman–Crippen LogP) is 5.89. The van der Waals surface area contributed by atoms with Gasteiger partial charge in [0.25, 0.3) is 10.0 Å². The molecule has 7 nitrogen and oxygen atoms in total. The number of benzene rings is 4. The molecule has 0 saturated carbocycles. The van der Waals surface area contributed by atoms with E-state index >= 15 is 4.39 Å². The van der Waals surface area contributed by atoms with Crippen LogP contribution in [0.5, 0.6) is 0 Å². The molecule has 0 aliphatic rings. The smallest absolute Gasteiger partial charge is 0.264 e. The topological polar surface area (TPSA) is 86.8 Å². The molecule has 230 valence electrons. The Balaban J connectivity index is 1.78. The molecule has 1 N–H and O–H groups in total. The number of sulfonamides is 1. The summed E-state index contributed by atoms with van der Waals surface area (Å²) in [4.78, 5) is 29.4. The van der Waals surface area contributed by atoms with Crippen LogP contribution in [-0.4, -0.2) is 44.3 Å². The number of amides is 2. The van der Waals surface area contributed by atoms with E-state index in [-0.39, 0.29) is 29.5 Å². The molecule has 0 fully saturated rings. The first-order valence-corrected chi connectivity index (χ1v) is 16.1. The van der Waals surface area contributed by atoms with E-state index in [9.17, 15) is 18.0 Å². The summed E-state index contributed by atoms with van der Waals surface area (Å²) in [6, 6.07) is 29.2. The lowest BCUT2D eigenvalue weighted by molar-refractivity contribution is -0.140. The average Bonchev–Trinajstić information content (AvgIpc) is 3.03. The van der Waals surface area contributed by atoms with Gasteiger partial charge in [-0.2, -0.15) is 0 Å². The summed E-state index contributed by atoms with van der Waals surface area (Å²) in [6.07, 6.45) is 1.86. The van der Waals surface area contributed by atoms with E-state index < -0.39 is 34.3 Å². The quantitative estimate of drug-likeness (QED) is 0.179. The van der Waals surface area contributed by atoms with E-state index in [1.165, 1.54) is 35.2 Å². The van der Waals surface area contributed by atoms with Gasteiger partial charge < -0.3 is 10.2 Å². The second-order valence-electron chi connectivity index (χ2n) is 10.6. The van der Waals surface area contributed by atoms with Gasteiger partial charge in [0.15, 0.2) is 0 Å². The van der Waals surface area contributed by atoms with E-state index in [1.54, 1.807) is 12.1 Å². The van der Waals surface area contributed by atoms with Gasteiger partial charge in [0, 0.05) is 19.5 Å². The van der Waals surface area contributed by atoms with Gasteiger partial charge in [-0.1, -0.05) is 104 Å². The Labute approximate surface area is 259 Å². The molecule has 2 amide bonds. The highest BCUT2D eigenvalue weighted by Gasteiger charge is 2.35. The molecule has 0 radical (unpaired) electrons. The van der Waals surface area contributed by atoms with E-state index in [2.05, 4.69) is 5.32 Å². The van der Waals surface area contributed by atoms with Crippen molar-refractivity contribution in [1.29, 1.82) is 0 Å². The highest BCUT2D eigenvalue weighted by Crippen LogP contribution is 2.27. The van der Waals surface area contributed by atoms with Gasteiger partial charge in [0.1, 0.15) is 18.4 Å². The van der Waals surface area contributed by atoms with E-state index in [4.69, 9.17) is 0 Å². The summed E-state index contributed by atoms with van der Waals surface area (Å²) in [5, 5.41) is 2.96. The summed E-state index contributed by atoms with van der Waals surface area (Å²) in [6.45, 7) is 3.63. The van der Waals surface area contributed by atoms with Crippen molar-refractivity contribution in [3.05, 3.63) is 132 Å². The number of carbonyl (C=O) groups excluding carboxylic acids is 2. The molecule has 0 unspecified atom stereocenters. The zero-order chi connectivity index (χ0) is 31.5. The Hall–Kier alpha value is -4.50. The number of rotatable bonds is 14. The molecule has 0 saturated heterocycles. The number of para-hydroxylation sites is 1. The lowest BCUT2D eigenvalue weighted by Crippen LogP contribution is -2.53. The molecule has 0 bridgehead atoms. The largest absolute Gasteiger partial charge is 0.354 e. The molecule has 0 spiro atoms. The maximum Gasteiger partial charge on any atom is 0.264 e. The van der Waals surface area contributed by atoms with Crippen molar-refractivity contribution in [3.8, 4) is 0 Å². The number of aryl methyl sites for hydroxylation is 1. The summed E-state index contributed by atoms with van der Waals surface area (Å²) in [7, 11) is -4.37. The summed E-state index contributed by atoms with van der Waals surface area (Å²) in [5.74, 6) is -1.77. The maximum atomic E-state index is 15.2. The Morgan fingerprint density at radius 1 is 0.818 bits per heavy atom. The van der Waals surface area contributed by atoms with E-state index in [0.717, 1.165) is 39.9 Å². The first kappa shape index (κ1) is 32.4. The fourth-order valence-electron chi connectivity index (χ4n) is 4.85. The fourth-order valence-corrected chi connectivity index (χ4v) is 6.27. The predicted molar refractivity (Wildman–Crippen MR) is 171 cm³/mol. The summed E-state index contributed by atoms with van der Waals surface area (Å²) in [5.41, 5.74) is 2.20. The Kier molecular flexibility index (Phi) is 11.3. The van der Waals surface area contributed by atoms with Crippen LogP contribution in [-0.2, 0) is 32.6 Å². The maximum absolute atomic E-state index is 15.2. The number of carbonyl (C=O) groups is 2. The lowest BCUT2D eigenvalue weighted by atomic mass is 10.0. The summed E-state index contributed by atoms with van der Waals surface area (Å²) >= 11 is 0. The molecule has 1 atom stereocenters. The lowest BCUT2D eigenvalue weighted by Gasteiger charge is -2.34. The van der Waals surface area contributed by atoms with Crippen molar-refractivity contribution >= 4 is 27.5 Å². The Bertz CT molecular complexity index is 1630. The van der Waals surface area contributed by atoms with Crippen molar-refractivity contribution in [1.82, 2.24) is 10.2 Å². The SMILES string of the molecule is CCCCNC(=O)[C@@H](Cc1ccccc1)N(Cc1ccccc1)C(=O)CN(c1ccccc1F)S(=O)(=O)c1ccc(C)cc1. The first-order valence-electron chi connectivity index (χ1n) is 14.7. The van der Waals surface area contributed by atoms with Crippen molar-refractivity contribution in [2.45, 2.75) is 50.6 Å². The van der Waals surface area contributed by atoms with Gasteiger partial charge in [0.2, 0.25) is 11.8 Å². The summed E-state index contributed by atoms with van der Waals surface area (Å²) < 4.78 is 44.0. The van der Waals surface area contributed by atoms with Crippen molar-refractivity contribution in [2.24, 2.45) is 0 Å². The van der Waals surface area contributed by atoms with Gasteiger partial charge >= 0.3 is 0 Å². The highest BCUT2D eigenvalue weighted by atomic mass is 32.2. The normalized spacial score (nSPS) is 11.9. The highest BCUT2D eigenvalue weighted by molar-refractivity contribution is 7.92. The second kappa shape index (κ2) is 15.3. The van der Waals surface area contributed by atoms with Gasteiger partial charge in [0.05, 0.1) is 10.6 Å². The first-order chi connectivity index (χ1) is 21.2. The van der Waals surface area contributed by atoms with Crippen molar-refractivity contribution < 1.29 is 22.4 Å². The van der Waals surface area contributed by atoms with Crippen molar-refractivity contribution in [2.75, 3.05) is 17.4 Å². The molecule has 4 rings (SSSR count). The Morgan fingerprint density at radius 2 is 1.41 bits per heavy atom. The van der Waals surface area contributed by atoms with E-state index in [0.29, 0.717) is 6.54 Å².